The van der Waals surface area contributed by atoms with Gasteiger partial charge in [0.15, 0.2) is 0 Å². The summed E-state index contributed by atoms with van der Waals surface area (Å²) in [6, 6.07) is 1.49. The van der Waals surface area contributed by atoms with Crippen molar-refractivity contribution in [2.75, 3.05) is 17.3 Å². The van der Waals surface area contributed by atoms with Crippen molar-refractivity contribution in [2.24, 2.45) is 0 Å². The van der Waals surface area contributed by atoms with Crippen LogP contribution in [-0.2, 0) is 6.18 Å². The molecule has 0 unspecified atom stereocenters. The van der Waals surface area contributed by atoms with Crippen molar-refractivity contribution in [3.05, 3.63) is 11.9 Å². The molecular weight excluding hydrogens is 289 g/mol. The lowest BCUT2D eigenvalue weighted by atomic mass is 9.95. The van der Waals surface area contributed by atoms with Gasteiger partial charge in [0.1, 0.15) is 11.6 Å². The minimum absolute atomic E-state index is 0.147. The number of nitrogens with zero attached hydrogens (tertiary/aromatic N) is 2. The largest absolute Gasteiger partial charge is 0.451 e. The highest BCUT2D eigenvalue weighted by Gasteiger charge is 2.35. The van der Waals surface area contributed by atoms with Gasteiger partial charge in [0, 0.05) is 17.4 Å². The summed E-state index contributed by atoms with van der Waals surface area (Å²) in [5, 5.41) is 3.69. The summed E-state index contributed by atoms with van der Waals surface area (Å²) in [6.07, 6.45) is 1.48. The van der Waals surface area contributed by atoms with Gasteiger partial charge in [-0.2, -0.15) is 24.9 Å². The van der Waals surface area contributed by atoms with Crippen molar-refractivity contribution < 1.29 is 13.2 Å². The third-order valence-corrected chi connectivity index (χ3v) is 4.50. The highest BCUT2D eigenvalue weighted by molar-refractivity contribution is 7.99. The Hall–Kier alpha value is -1.18. The van der Waals surface area contributed by atoms with E-state index < -0.39 is 12.0 Å². The van der Waals surface area contributed by atoms with E-state index in [1.165, 1.54) is 6.07 Å². The Labute approximate surface area is 119 Å². The van der Waals surface area contributed by atoms with Gasteiger partial charge in [-0.05, 0) is 31.9 Å². The number of nitrogen functional groups attached to an aromatic ring is 1. The molecule has 0 saturated heterocycles. The number of nitrogens with one attached hydrogen (secondary N) is 1. The molecule has 20 heavy (non-hydrogen) atoms. The fraction of sp³-hybridized carbons (Fsp3) is 0.667. The second-order valence-electron chi connectivity index (χ2n) is 4.85. The molecular formula is C12H17F3N4S. The zero-order valence-electron chi connectivity index (χ0n) is 11.1. The zero-order valence-corrected chi connectivity index (χ0v) is 11.9. The lowest BCUT2D eigenvalue weighted by Crippen LogP contribution is -2.28. The molecule has 0 radical (unpaired) electrons. The summed E-state index contributed by atoms with van der Waals surface area (Å²) in [7, 11) is 0. The van der Waals surface area contributed by atoms with E-state index in [4.69, 9.17) is 5.73 Å². The molecule has 8 heteroatoms. The van der Waals surface area contributed by atoms with E-state index >= 15 is 0 Å². The van der Waals surface area contributed by atoms with Crippen LogP contribution < -0.4 is 11.1 Å². The number of anilines is 2. The minimum Gasteiger partial charge on any atom is -0.384 e. The maximum Gasteiger partial charge on any atom is 0.451 e. The van der Waals surface area contributed by atoms with Gasteiger partial charge in [-0.25, -0.2) is 9.97 Å². The van der Waals surface area contributed by atoms with Gasteiger partial charge in [-0.15, -0.1) is 0 Å². The number of alkyl halides is 3. The Morgan fingerprint density at radius 2 is 1.90 bits per heavy atom. The first-order chi connectivity index (χ1) is 9.38. The number of hydrogen-bond acceptors (Lipinski definition) is 5. The lowest BCUT2D eigenvalue weighted by Gasteiger charge is -2.28. The van der Waals surface area contributed by atoms with Gasteiger partial charge >= 0.3 is 6.18 Å². The van der Waals surface area contributed by atoms with Crippen molar-refractivity contribution in [1.82, 2.24) is 9.97 Å². The van der Waals surface area contributed by atoms with Crippen molar-refractivity contribution >= 4 is 23.4 Å². The van der Waals surface area contributed by atoms with Crippen LogP contribution in [0.5, 0.6) is 0 Å². The Morgan fingerprint density at radius 1 is 1.25 bits per heavy atom. The lowest BCUT2D eigenvalue weighted by molar-refractivity contribution is -0.144. The van der Waals surface area contributed by atoms with Gasteiger partial charge in [0.25, 0.3) is 0 Å². The highest BCUT2D eigenvalue weighted by atomic mass is 32.2. The first-order valence-corrected chi connectivity index (χ1v) is 7.68. The van der Waals surface area contributed by atoms with E-state index in [1.807, 2.05) is 11.8 Å². The molecule has 2 rings (SSSR count). The Bertz CT molecular complexity index is 459. The van der Waals surface area contributed by atoms with Crippen molar-refractivity contribution in [3.8, 4) is 0 Å². The van der Waals surface area contributed by atoms with E-state index in [2.05, 4.69) is 21.5 Å². The van der Waals surface area contributed by atoms with E-state index in [1.54, 1.807) is 0 Å². The van der Waals surface area contributed by atoms with Crippen LogP contribution in [0.15, 0.2) is 6.07 Å². The molecule has 0 bridgehead atoms. The molecule has 4 nitrogen and oxygen atoms in total. The Kier molecular flexibility index (Phi) is 4.62. The fourth-order valence-electron chi connectivity index (χ4n) is 2.32. The summed E-state index contributed by atoms with van der Waals surface area (Å²) in [6.45, 7) is 0. The topological polar surface area (TPSA) is 63.8 Å². The number of hydrogen-bond donors (Lipinski definition) is 2. The molecule has 1 aliphatic rings. The van der Waals surface area contributed by atoms with Crippen LogP contribution in [0.1, 0.15) is 31.5 Å². The van der Waals surface area contributed by atoms with E-state index in [0.717, 1.165) is 25.7 Å². The molecule has 0 aliphatic heterocycles. The monoisotopic (exact) mass is 306 g/mol. The molecule has 1 aromatic heterocycles. The van der Waals surface area contributed by atoms with Crippen molar-refractivity contribution in [2.45, 2.75) is 43.2 Å². The van der Waals surface area contributed by atoms with Crippen LogP contribution in [0.25, 0.3) is 0 Å². The number of aromatic nitrogens is 2. The summed E-state index contributed by atoms with van der Waals surface area (Å²) in [4.78, 5) is 6.73. The molecule has 1 aliphatic carbocycles. The summed E-state index contributed by atoms with van der Waals surface area (Å²) < 4.78 is 37.8. The number of rotatable bonds is 3. The molecule has 1 aromatic rings. The summed E-state index contributed by atoms with van der Waals surface area (Å²) in [5.74, 6) is -1.22. The van der Waals surface area contributed by atoms with Crippen molar-refractivity contribution in [3.63, 3.8) is 0 Å². The molecule has 0 amide bonds. The van der Waals surface area contributed by atoms with Gasteiger partial charge < -0.3 is 11.1 Å². The minimum atomic E-state index is -4.58. The second kappa shape index (κ2) is 6.07. The van der Waals surface area contributed by atoms with Gasteiger partial charge in [0.05, 0.1) is 0 Å². The van der Waals surface area contributed by atoms with Gasteiger partial charge in [0.2, 0.25) is 5.82 Å². The second-order valence-corrected chi connectivity index (χ2v) is 5.99. The first-order valence-electron chi connectivity index (χ1n) is 6.39. The first kappa shape index (κ1) is 15.2. The Balaban J connectivity index is 2.05. The SMILES string of the molecule is CSC1CCC(Nc2cc(N)nc(C(F)(F)F)n2)CC1. The normalized spacial score (nSPS) is 23.6. The van der Waals surface area contributed by atoms with E-state index in [0.29, 0.717) is 5.25 Å². The maximum absolute atomic E-state index is 12.6. The molecule has 0 atom stereocenters. The van der Waals surface area contributed by atoms with Crippen LogP contribution >= 0.6 is 11.8 Å². The molecule has 0 aromatic carbocycles. The predicted octanol–water partition coefficient (Wildman–Crippen LogP) is 3.16. The maximum atomic E-state index is 12.6. The van der Waals surface area contributed by atoms with E-state index in [9.17, 15) is 13.2 Å². The van der Waals surface area contributed by atoms with Gasteiger partial charge in [-0.3, -0.25) is 0 Å². The quantitative estimate of drug-likeness (QED) is 0.898. The van der Waals surface area contributed by atoms with E-state index in [-0.39, 0.29) is 17.7 Å². The average molecular weight is 306 g/mol. The fourth-order valence-corrected chi connectivity index (χ4v) is 3.06. The van der Waals surface area contributed by atoms with Crippen molar-refractivity contribution in [1.29, 1.82) is 0 Å². The molecule has 0 spiro atoms. The molecule has 112 valence electrons. The average Bonchev–Trinajstić information content (AvgIpc) is 2.38. The van der Waals surface area contributed by atoms with Crippen LogP contribution in [0.4, 0.5) is 24.8 Å². The third-order valence-electron chi connectivity index (χ3n) is 3.36. The van der Waals surface area contributed by atoms with Gasteiger partial charge in [-0.1, -0.05) is 0 Å². The van der Waals surface area contributed by atoms with Crippen LogP contribution in [0.3, 0.4) is 0 Å². The predicted molar refractivity (Wildman–Crippen MR) is 74.6 cm³/mol. The zero-order chi connectivity index (χ0) is 14.8. The number of nitrogens with two attached hydrogens (primary N) is 1. The van der Waals surface area contributed by atoms with Crippen LogP contribution in [0.2, 0.25) is 0 Å². The standard InChI is InChI=1S/C12H17F3N4S/c1-20-8-4-2-7(3-5-8)17-10-6-9(16)18-11(19-10)12(13,14)15/h6-8H,2-5H2,1H3,(H3,16,17,18,19). The van der Waals surface area contributed by atoms with Crippen LogP contribution in [-0.4, -0.2) is 27.5 Å². The molecule has 1 saturated carbocycles. The number of thioether (sulfide) groups is 1. The smallest absolute Gasteiger partial charge is 0.384 e. The molecule has 3 N–H and O–H groups in total. The molecule has 1 heterocycles. The highest BCUT2D eigenvalue weighted by Crippen LogP contribution is 2.30. The van der Waals surface area contributed by atoms with Crippen LogP contribution in [0, 0.1) is 0 Å². The number of halogens is 3. The third kappa shape index (κ3) is 3.91. The molecule has 1 fully saturated rings. The Morgan fingerprint density at radius 3 is 2.45 bits per heavy atom. The summed E-state index contributed by atoms with van der Waals surface area (Å²) in [5.41, 5.74) is 5.41. The summed E-state index contributed by atoms with van der Waals surface area (Å²) >= 11 is 1.84.